The second kappa shape index (κ2) is 9.52. The number of nitrogens with zero attached hydrogens (tertiary/aromatic N) is 2. The molecular weight excluding hydrogens is 440 g/mol. The first-order valence-electron chi connectivity index (χ1n) is 9.85. The smallest absolute Gasteiger partial charge is 0.415 e. The summed E-state index contributed by atoms with van der Waals surface area (Å²) in [5.74, 6) is -0.247. The van der Waals surface area contributed by atoms with E-state index in [4.69, 9.17) is 4.74 Å². The number of benzene rings is 2. The minimum absolute atomic E-state index is 0.0363. The van der Waals surface area contributed by atoms with Gasteiger partial charge in [0.1, 0.15) is 12.4 Å². The molecule has 0 aliphatic carbocycles. The molecule has 1 saturated heterocycles. The van der Waals surface area contributed by atoms with Gasteiger partial charge in [0.2, 0.25) is 0 Å². The Morgan fingerprint density at radius 3 is 1.90 bits per heavy atom. The zero-order valence-electron chi connectivity index (χ0n) is 17.0. The molecule has 0 aromatic heterocycles. The van der Waals surface area contributed by atoms with Crippen LogP contribution < -0.4 is 0 Å². The first-order chi connectivity index (χ1) is 14.8. The van der Waals surface area contributed by atoms with Gasteiger partial charge in [0.15, 0.2) is 0 Å². The molecule has 0 saturated carbocycles. The molecule has 10 heteroatoms. The van der Waals surface area contributed by atoms with E-state index in [1.165, 1.54) is 54.6 Å². The SMILES string of the molecule is CCCC/C=C(\N1CCOC1=O)N(S(=O)(=O)c1ccccc1)S(=O)(=O)c1ccccc1. The minimum atomic E-state index is -4.58. The lowest BCUT2D eigenvalue weighted by molar-refractivity contribution is 0.162. The summed E-state index contributed by atoms with van der Waals surface area (Å²) < 4.78 is 59.8. The topological polar surface area (TPSA) is 101 Å². The van der Waals surface area contributed by atoms with E-state index >= 15 is 0 Å². The second-order valence-electron chi connectivity index (χ2n) is 6.80. The summed E-state index contributed by atoms with van der Waals surface area (Å²) in [6.07, 6.45) is 2.57. The molecule has 0 spiro atoms. The average Bonchev–Trinajstić information content (AvgIpc) is 3.19. The fourth-order valence-corrected chi connectivity index (χ4v) is 6.85. The number of sulfonamides is 2. The molecule has 1 fully saturated rings. The molecule has 0 atom stereocenters. The maximum absolute atomic E-state index is 13.6. The molecule has 1 amide bonds. The Balaban J connectivity index is 2.25. The van der Waals surface area contributed by atoms with Crippen LogP contribution in [0.1, 0.15) is 26.2 Å². The fraction of sp³-hybridized carbons (Fsp3) is 0.286. The van der Waals surface area contributed by atoms with Crippen molar-refractivity contribution in [2.24, 2.45) is 0 Å². The van der Waals surface area contributed by atoms with Crippen LogP contribution in [0.4, 0.5) is 4.79 Å². The number of carbonyl (C=O) groups is 1. The van der Waals surface area contributed by atoms with E-state index in [9.17, 15) is 21.6 Å². The van der Waals surface area contributed by atoms with Gasteiger partial charge in [-0.05, 0) is 43.2 Å². The van der Waals surface area contributed by atoms with Crippen molar-refractivity contribution in [3.8, 4) is 0 Å². The quantitative estimate of drug-likeness (QED) is 0.526. The van der Waals surface area contributed by atoms with Gasteiger partial charge >= 0.3 is 6.09 Å². The Kier molecular flexibility index (Phi) is 7.01. The standard InChI is InChI=1S/C21H24N2O6S2/c1-2-3-6-15-20(22-16-17-29-21(22)24)23(30(25,26)18-11-7-4-8-12-18)31(27,28)19-13-9-5-10-14-19/h4-5,7-15H,2-3,6,16-17H2,1H3/b20-15+. The maximum atomic E-state index is 13.6. The lowest BCUT2D eigenvalue weighted by Crippen LogP contribution is -2.43. The van der Waals surface area contributed by atoms with Crippen molar-refractivity contribution < 1.29 is 26.4 Å². The number of hydrogen-bond donors (Lipinski definition) is 0. The molecule has 2 aromatic carbocycles. The molecule has 8 nitrogen and oxygen atoms in total. The third kappa shape index (κ3) is 4.75. The second-order valence-corrected chi connectivity index (χ2v) is 10.6. The third-order valence-electron chi connectivity index (χ3n) is 4.63. The maximum Gasteiger partial charge on any atom is 0.415 e. The number of amides is 1. The van der Waals surface area contributed by atoms with Crippen LogP contribution in [0.15, 0.2) is 82.4 Å². The highest BCUT2D eigenvalue weighted by Gasteiger charge is 2.43. The van der Waals surface area contributed by atoms with Crippen molar-refractivity contribution in [1.82, 2.24) is 8.61 Å². The van der Waals surface area contributed by atoms with Crippen molar-refractivity contribution in [2.45, 2.75) is 36.0 Å². The van der Waals surface area contributed by atoms with Gasteiger partial charge in [-0.25, -0.2) is 4.79 Å². The van der Waals surface area contributed by atoms with E-state index in [-0.39, 0.29) is 28.8 Å². The average molecular weight is 465 g/mol. The largest absolute Gasteiger partial charge is 0.447 e. The number of carbonyl (C=O) groups excluding carboxylic acids is 1. The molecule has 1 heterocycles. The van der Waals surface area contributed by atoms with Gasteiger partial charge < -0.3 is 4.74 Å². The molecule has 2 aromatic rings. The van der Waals surface area contributed by atoms with Crippen molar-refractivity contribution in [1.29, 1.82) is 0 Å². The van der Waals surface area contributed by atoms with E-state index in [0.29, 0.717) is 16.6 Å². The molecule has 31 heavy (non-hydrogen) atoms. The van der Waals surface area contributed by atoms with Gasteiger partial charge in [-0.3, -0.25) is 4.90 Å². The molecule has 0 radical (unpaired) electrons. The Morgan fingerprint density at radius 2 is 1.48 bits per heavy atom. The zero-order valence-corrected chi connectivity index (χ0v) is 18.7. The van der Waals surface area contributed by atoms with Gasteiger partial charge in [0.05, 0.1) is 16.3 Å². The highest BCUT2D eigenvalue weighted by atomic mass is 32.3. The number of ether oxygens (including phenoxy) is 1. The molecule has 166 valence electrons. The van der Waals surface area contributed by atoms with Gasteiger partial charge in [0.25, 0.3) is 20.0 Å². The minimum Gasteiger partial charge on any atom is -0.447 e. The monoisotopic (exact) mass is 464 g/mol. The van der Waals surface area contributed by atoms with E-state index in [1.54, 1.807) is 12.1 Å². The Hall–Kier alpha value is -2.85. The first-order valence-corrected chi connectivity index (χ1v) is 12.7. The van der Waals surface area contributed by atoms with Crippen LogP contribution in [-0.2, 0) is 24.8 Å². The molecule has 0 unspecified atom stereocenters. The number of rotatable bonds is 9. The lowest BCUT2D eigenvalue weighted by atomic mass is 10.2. The molecule has 3 rings (SSSR count). The third-order valence-corrected chi connectivity index (χ3v) is 8.79. The summed E-state index contributed by atoms with van der Waals surface area (Å²) in [5, 5.41) is 0. The Morgan fingerprint density at radius 1 is 0.968 bits per heavy atom. The predicted molar refractivity (Wildman–Crippen MR) is 115 cm³/mol. The normalized spacial score (nSPS) is 15.1. The van der Waals surface area contributed by atoms with Crippen LogP contribution in [0.5, 0.6) is 0 Å². The number of unbranched alkanes of at least 4 members (excludes halogenated alkanes) is 2. The highest BCUT2D eigenvalue weighted by molar-refractivity contribution is 8.04. The van der Waals surface area contributed by atoms with Crippen LogP contribution in [0.3, 0.4) is 0 Å². The summed E-state index contributed by atoms with van der Waals surface area (Å²) in [4.78, 5) is 13.0. The Bertz CT molecular complexity index is 1080. The number of hydrogen-bond acceptors (Lipinski definition) is 6. The molecule has 1 aliphatic rings. The number of allylic oxidation sites excluding steroid dienone is 1. The van der Waals surface area contributed by atoms with Crippen molar-refractivity contribution in [3.05, 3.63) is 72.6 Å². The lowest BCUT2D eigenvalue weighted by Gasteiger charge is -2.30. The summed E-state index contributed by atoms with van der Waals surface area (Å²) in [6, 6.07) is 14.5. The molecular formula is C21H24N2O6S2. The van der Waals surface area contributed by atoms with Gasteiger partial charge in [0, 0.05) is 0 Å². The summed E-state index contributed by atoms with van der Waals surface area (Å²) in [7, 11) is -9.15. The van der Waals surface area contributed by atoms with Crippen molar-refractivity contribution in [2.75, 3.05) is 13.2 Å². The molecule has 1 aliphatic heterocycles. The summed E-state index contributed by atoms with van der Waals surface area (Å²) >= 11 is 0. The van der Waals surface area contributed by atoms with Crippen LogP contribution in [0.2, 0.25) is 0 Å². The van der Waals surface area contributed by atoms with Crippen molar-refractivity contribution >= 4 is 26.1 Å². The van der Waals surface area contributed by atoms with Crippen LogP contribution in [0, 0.1) is 0 Å². The molecule has 0 bridgehead atoms. The fourth-order valence-electron chi connectivity index (χ4n) is 3.07. The number of cyclic esters (lactones) is 1. The van der Waals surface area contributed by atoms with Gasteiger partial charge in [-0.1, -0.05) is 49.7 Å². The predicted octanol–water partition coefficient (Wildman–Crippen LogP) is 3.55. The van der Waals surface area contributed by atoms with E-state index < -0.39 is 26.1 Å². The van der Waals surface area contributed by atoms with Gasteiger partial charge in [-0.2, -0.15) is 16.8 Å². The van der Waals surface area contributed by atoms with E-state index in [1.807, 2.05) is 6.92 Å². The first kappa shape index (κ1) is 22.8. The Labute approximate surface area is 182 Å². The van der Waals surface area contributed by atoms with Crippen LogP contribution in [-0.4, -0.2) is 44.7 Å². The van der Waals surface area contributed by atoms with E-state index in [0.717, 1.165) is 11.3 Å². The van der Waals surface area contributed by atoms with Crippen LogP contribution >= 0.6 is 0 Å². The summed E-state index contributed by atoms with van der Waals surface area (Å²) in [5.41, 5.74) is 0. The molecule has 0 N–H and O–H groups in total. The zero-order chi connectivity index (χ0) is 22.5. The van der Waals surface area contributed by atoms with Crippen LogP contribution in [0.25, 0.3) is 0 Å². The summed E-state index contributed by atoms with van der Waals surface area (Å²) in [6.45, 7) is 2.04. The van der Waals surface area contributed by atoms with Crippen molar-refractivity contribution in [3.63, 3.8) is 0 Å². The van der Waals surface area contributed by atoms with E-state index in [2.05, 4.69) is 0 Å². The highest BCUT2D eigenvalue weighted by Crippen LogP contribution is 2.32. The van der Waals surface area contributed by atoms with Gasteiger partial charge in [-0.15, -0.1) is 3.71 Å².